The molecular formula is C23H23ClN2. The van der Waals surface area contributed by atoms with Crippen LogP contribution in [0, 0.1) is 0 Å². The van der Waals surface area contributed by atoms with E-state index in [1.165, 1.54) is 27.6 Å². The summed E-state index contributed by atoms with van der Waals surface area (Å²) < 4.78 is 2.35. The smallest absolute Gasteiger partial charge is 0.0486 e. The van der Waals surface area contributed by atoms with Crippen LogP contribution in [-0.2, 0) is 19.6 Å². The van der Waals surface area contributed by atoms with E-state index in [0.29, 0.717) is 0 Å². The van der Waals surface area contributed by atoms with Crippen LogP contribution in [0.2, 0.25) is 0 Å². The van der Waals surface area contributed by atoms with Gasteiger partial charge in [-0.05, 0) is 22.8 Å². The molecule has 3 heteroatoms. The van der Waals surface area contributed by atoms with Gasteiger partial charge in [-0.15, -0.1) is 12.4 Å². The third-order valence-corrected chi connectivity index (χ3v) is 4.55. The van der Waals surface area contributed by atoms with Crippen LogP contribution in [0.3, 0.4) is 0 Å². The summed E-state index contributed by atoms with van der Waals surface area (Å²) in [5.74, 6) is 0. The number of halogens is 1. The number of fused-ring (bicyclic) bond motifs is 1. The van der Waals surface area contributed by atoms with Crippen molar-refractivity contribution in [1.29, 1.82) is 0 Å². The summed E-state index contributed by atoms with van der Waals surface area (Å²) in [6.07, 6.45) is 2.29. The molecule has 1 aromatic heterocycles. The second-order valence-corrected chi connectivity index (χ2v) is 6.37. The summed E-state index contributed by atoms with van der Waals surface area (Å²) >= 11 is 0. The second-order valence-electron chi connectivity index (χ2n) is 6.37. The minimum Gasteiger partial charge on any atom is -0.343 e. The van der Waals surface area contributed by atoms with Crippen LogP contribution in [0.5, 0.6) is 0 Å². The Balaban J connectivity index is 0.00000196. The van der Waals surface area contributed by atoms with Crippen molar-refractivity contribution in [3.05, 3.63) is 108 Å². The van der Waals surface area contributed by atoms with Crippen LogP contribution in [-0.4, -0.2) is 4.57 Å². The maximum absolute atomic E-state index is 3.57. The zero-order valence-corrected chi connectivity index (χ0v) is 15.5. The Morgan fingerprint density at radius 2 is 1.27 bits per heavy atom. The minimum atomic E-state index is 0. The SMILES string of the molecule is Cl.c1ccc(CNCc2cn(Cc3ccccc3)c3ccccc23)cc1. The fourth-order valence-corrected chi connectivity index (χ4v) is 3.31. The van der Waals surface area contributed by atoms with Gasteiger partial charge < -0.3 is 9.88 Å². The van der Waals surface area contributed by atoms with Gasteiger partial charge in [0.25, 0.3) is 0 Å². The number of benzene rings is 3. The molecule has 0 aliphatic rings. The van der Waals surface area contributed by atoms with E-state index < -0.39 is 0 Å². The van der Waals surface area contributed by atoms with Crippen molar-refractivity contribution >= 4 is 23.3 Å². The topological polar surface area (TPSA) is 17.0 Å². The van der Waals surface area contributed by atoms with Gasteiger partial charge in [-0.25, -0.2) is 0 Å². The normalized spacial score (nSPS) is 10.6. The molecule has 0 fully saturated rings. The lowest BCUT2D eigenvalue weighted by Gasteiger charge is -2.05. The largest absolute Gasteiger partial charge is 0.343 e. The van der Waals surface area contributed by atoms with Gasteiger partial charge in [0.15, 0.2) is 0 Å². The molecule has 0 radical (unpaired) electrons. The van der Waals surface area contributed by atoms with Gasteiger partial charge in [0, 0.05) is 36.7 Å². The Hall–Kier alpha value is -2.55. The fraction of sp³-hybridized carbons (Fsp3) is 0.130. The van der Waals surface area contributed by atoms with Crippen molar-refractivity contribution in [2.24, 2.45) is 0 Å². The quantitative estimate of drug-likeness (QED) is 0.486. The molecule has 0 aliphatic heterocycles. The van der Waals surface area contributed by atoms with E-state index in [2.05, 4.69) is 101 Å². The highest BCUT2D eigenvalue weighted by Crippen LogP contribution is 2.22. The van der Waals surface area contributed by atoms with Crippen molar-refractivity contribution in [3.8, 4) is 0 Å². The number of rotatable bonds is 6. The van der Waals surface area contributed by atoms with E-state index >= 15 is 0 Å². The fourth-order valence-electron chi connectivity index (χ4n) is 3.31. The summed E-state index contributed by atoms with van der Waals surface area (Å²) in [4.78, 5) is 0. The average molecular weight is 363 g/mol. The lowest BCUT2D eigenvalue weighted by molar-refractivity contribution is 0.692. The highest BCUT2D eigenvalue weighted by Gasteiger charge is 2.08. The van der Waals surface area contributed by atoms with E-state index in [0.717, 1.165) is 19.6 Å². The molecule has 0 aliphatic carbocycles. The van der Waals surface area contributed by atoms with Crippen LogP contribution < -0.4 is 5.32 Å². The van der Waals surface area contributed by atoms with Crippen LogP contribution in [0.1, 0.15) is 16.7 Å². The van der Waals surface area contributed by atoms with Crippen LogP contribution in [0.25, 0.3) is 10.9 Å². The van der Waals surface area contributed by atoms with Crippen LogP contribution in [0.15, 0.2) is 91.1 Å². The molecule has 0 amide bonds. The maximum atomic E-state index is 3.57. The minimum absolute atomic E-state index is 0. The molecule has 1 N–H and O–H groups in total. The molecule has 1 heterocycles. The van der Waals surface area contributed by atoms with Gasteiger partial charge in [0.05, 0.1) is 0 Å². The van der Waals surface area contributed by atoms with Crippen molar-refractivity contribution in [2.45, 2.75) is 19.6 Å². The number of nitrogens with zero attached hydrogens (tertiary/aromatic N) is 1. The molecule has 0 bridgehead atoms. The number of hydrogen-bond donors (Lipinski definition) is 1. The first-order valence-corrected chi connectivity index (χ1v) is 8.75. The Morgan fingerprint density at radius 3 is 2.00 bits per heavy atom. The van der Waals surface area contributed by atoms with E-state index in [9.17, 15) is 0 Å². The van der Waals surface area contributed by atoms with Crippen molar-refractivity contribution in [2.75, 3.05) is 0 Å². The number of nitrogens with one attached hydrogen (secondary N) is 1. The first kappa shape index (κ1) is 18.2. The molecule has 2 nitrogen and oxygen atoms in total. The molecule has 4 aromatic rings. The van der Waals surface area contributed by atoms with Gasteiger partial charge in [-0.3, -0.25) is 0 Å². The van der Waals surface area contributed by atoms with Gasteiger partial charge in [-0.2, -0.15) is 0 Å². The third-order valence-electron chi connectivity index (χ3n) is 4.55. The highest BCUT2D eigenvalue weighted by molar-refractivity contribution is 5.85. The summed E-state index contributed by atoms with van der Waals surface area (Å²) in [5.41, 5.74) is 5.29. The van der Waals surface area contributed by atoms with E-state index in [1.807, 2.05) is 0 Å². The zero-order chi connectivity index (χ0) is 16.9. The number of aromatic nitrogens is 1. The predicted octanol–water partition coefficient (Wildman–Crippen LogP) is 5.40. The monoisotopic (exact) mass is 362 g/mol. The summed E-state index contributed by atoms with van der Waals surface area (Å²) in [7, 11) is 0. The maximum Gasteiger partial charge on any atom is 0.0486 e. The molecule has 0 saturated heterocycles. The molecule has 4 rings (SSSR count). The molecule has 132 valence electrons. The first-order valence-electron chi connectivity index (χ1n) is 8.75. The lowest BCUT2D eigenvalue weighted by atomic mass is 10.1. The molecule has 26 heavy (non-hydrogen) atoms. The average Bonchev–Trinajstić information content (AvgIpc) is 3.01. The van der Waals surface area contributed by atoms with Crippen molar-refractivity contribution in [1.82, 2.24) is 9.88 Å². The molecule has 3 aromatic carbocycles. The molecule has 0 unspecified atom stereocenters. The molecular weight excluding hydrogens is 340 g/mol. The Kier molecular flexibility index (Phi) is 6.11. The van der Waals surface area contributed by atoms with Gasteiger partial charge in [0.1, 0.15) is 0 Å². The highest BCUT2D eigenvalue weighted by atomic mass is 35.5. The van der Waals surface area contributed by atoms with Gasteiger partial charge in [-0.1, -0.05) is 78.9 Å². The molecule has 0 spiro atoms. The number of para-hydroxylation sites is 1. The van der Waals surface area contributed by atoms with Gasteiger partial charge >= 0.3 is 0 Å². The third kappa shape index (κ3) is 4.16. The Labute approximate surface area is 160 Å². The Morgan fingerprint density at radius 1 is 0.654 bits per heavy atom. The van der Waals surface area contributed by atoms with Gasteiger partial charge in [0.2, 0.25) is 0 Å². The zero-order valence-electron chi connectivity index (χ0n) is 14.6. The standard InChI is InChI=1S/C23H22N2.ClH/c1-3-9-19(10-4-1)15-24-16-21-18-25(17-20-11-5-2-6-12-20)23-14-8-7-13-22(21)23;/h1-14,18,24H,15-17H2;1H. The lowest BCUT2D eigenvalue weighted by Crippen LogP contribution is -2.12. The summed E-state index contributed by atoms with van der Waals surface area (Å²) in [6, 6.07) is 29.8. The summed E-state index contributed by atoms with van der Waals surface area (Å²) in [5, 5.41) is 4.91. The molecule has 0 atom stereocenters. The van der Waals surface area contributed by atoms with Crippen LogP contribution in [0.4, 0.5) is 0 Å². The van der Waals surface area contributed by atoms with E-state index in [-0.39, 0.29) is 12.4 Å². The predicted molar refractivity (Wildman–Crippen MR) is 112 cm³/mol. The number of hydrogen-bond acceptors (Lipinski definition) is 1. The Bertz CT molecular complexity index is 946. The van der Waals surface area contributed by atoms with Crippen molar-refractivity contribution in [3.63, 3.8) is 0 Å². The first-order chi connectivity index (χ1) is 12.4. The molecule has 0 saturated carbocycles. The van der Waals surface area contributed by atoms with Crippen molar-refractivity contribution < 1.29 is 0 Å². The van der Waals surface area contributed by atoms with E-state index in [4.69, 9.17) is 0 Å². The van der Waals surface area contributed by atoms with Crippen LogP contribution >= 0.6 is 12.4 Å². The second kappa shape index (κ2) is 8.70. The summed E-state index contributed by atoms with van der Waals surface area (Å²) in [6.45, 7) is 2.66. The van der Waals surface area contributed by atoms with E-state index in [1.54, 1.807) is 0 Å².